The molecule has 1 aromatic carbocycles. The molecule has 4 rings (SSSR count). The van der Waals surface area contributed by atoms with Gasteiger partial charge < -0.3 is 11.1 Å². The smallest absolute Gasteiger partial charge is 0.166 e. The highest BCUT2D eigenvalue weighted by Crippen LogP contribution is 2.28. The van der Waals surface area contributed by atoms with E-state index >= 15 is 0 Å². The van der Waals surface area contributed by atoms with Gasteiger partial charge in [0.1, 0.15) is 18.0 Å². The molecule has 0 saturated heterocycles. The summed E-state index contributed by atoms with van der Waals surface area (Å²) in [6.45, 7) is 0.441. The number of hydrogen-bond acceptors (Lipinski definition) is 6. The zero-order chi connectivity index (χ0) is 17.2. The van der Waals surface area contributed by atoms with Gasteiger partial charge in [0, 0.05) is 29.3 Å². The molecule has 3 aromatic heterocycles. The summed E-state index contributed by atoms with van der Waals surface area (Å²) >= 11 is 0. The van der Waals surface area contributed by atoms with Gasteiger partial charge in [0.15, 0.2) is 11.5 Å². The van der Waals surface area contributed by atoms with Crippen molar-refractivity contribution in [2.24, 2.45) is 0 Å². The zero-order valence-electron chi connectivity index (χ0n) is 13.1. The standard InChI is InChI=1S/C17H14FN7.3H2/c18-12-4-1-3-11(7-12)9-21-14-8-13(22-10-23-14)15-16(19)24-25-6-2-5-20-17(15)25;;;/h1-8,10H,9H2,(H2,19,24)(H,21,22,23);3*1H. The number of hydrogen-bond donors (Lipinski definition) is 2. The number of aromatic nitrogens is 5. The predicted octanol–water partition coefficient (Wildman–Crippen LogP) is 3.26. The van der Waals surface area contributed by atoms with Gasteiger partial charge >= 0.3 is 0 Å². The molecule has 8 heteroatoms. The van der Waals surface area contributed by atoms with Crippen LogP contribution in [0.3, 0.4) is 0 Å². The summed E-state index contributed by atoms with van der Waals surface area (Å²) in [7, 11) is 0. The molecule has 3 N–H and O–H groups in total. The van der Waals surface area contributed by atoms with Crippen LogP contribution in [0.2, 0.25) is 0 Å². The van der Waals surface area contributed by atoms with E-state index in [-0.39, 0.29) is 10.1 Å². The van der Waals surface area contributed by atoms with Crippen molar-refractivity contribution < 1.29 is 8.67 Å². The molecule has 0 unspecified atom stereocenters. The van der Waals surface area contributed by atoms with E-state index in [0.717, 1.165) is 5.56 Å². The molecule has 0 amide bonds. The summed E-state index contributed by atoms with van der Waals surface area (Å²) in [6, 6.07) is 9.93. The van der Waals surface area contributed by atoms with E-state index in [1.807, 2.05) is 6.07 Å². The van der Waals surface area contributed by atoms with Crippen LogP contribution in [-0.4, -0.2) is 24.6 Å². The fraction of sp³-hybridized carbons (Fsp3) is 0.0588. The first kappa shape index (κ1) is 15.0. The molecule has 4 aromatic rings. The summed E-state index contributed by atoms with van der Waals surface area (Å²) in [5, 5.41) is 7.38. The molecular weight excluding hydrogens is 321 g/mol. The van der Waals surface area contributed by atoms with Crippen molar-refractivity contribution in [1.82, 2.24) is 24.6 Å². The van der Waals surface area contributed by atoms with Crippen LogP contribution in [0.1, 0.15) is 9.84 Å². The van der Waals surface area contributed by atoms with E-state index in [9.17, 15) is 4.39 Å². The van der Waals surface area contributed by atoms with Crippen molar-refractivity contribution >= 4 is 17.3 Å². The van der Waals surface area contributed by atoms with Gasteiger partial charge in [0.05, 0.1) is 11.3 Å². The number of fused-ring (bicyclic) bond motifs is 1. The average molecular weight is 341 g/mol. The SMILES string of the molecule is Nc1nn2cccnc2c1-c1cc(NCc2cccc(F)c2)ncn1.[HH].[HH].[HH]. The summed E-state index contributed by atoms with van der Waals surface area (Å²) in [6.07, 6.45) is 4.88. The van der Waals surface area contributed by atoms with Gasteiger partial charge in [-0.3, -0.25) is 0 Å². The van der Waals surface area contributed by atoms with Gasteiger partial charge in [-0.05, 0) is 23.8 Å². The second kappa shape index (κ2) is 6.16. The Bertz CT molecular complexity index is 1060. The molecule has 0 aliphatic carbocycles. The Balaban J connectivity index is 0.00000131. The van der Waals surface area contributed by atoms with Gasteiger partial charge in [0.2, 0.25) is 0 Å². The maximum atomic E-state index is 13.3. The first-order valence-electron chi connectivity index (χ1n) is 7.60. The van der Waals surface area contributed by atoms with Crippen LogP contribution >= 0.6 is 0 Å². The molecule has 0 bridgehead atoms. The summed E-state index contributed by atoms with van der Waals surface area (Å²) in [5.74, 6) is 0.672. The molecule has 3 heterocycles. The molecule has 0 aliphatic heterocycles. The van der Waals surface area contributed by atoms with Crippen LogP contribution in [0.15, 0.2) is 55.1 Å². The number of rotatable bonds is 4. The Kier molecular flexibility index (Phi) is 3.70. The largest absolute Gasteiger partial charge is 0.382 e. The Morgan fingerprint density at radius 3 is 2.96 bits per heavy atom. The van der Waals surface area contributed by atoms with Gasteiger partial charge in [-0.25, -0.2) is 23.9 Å². The highest BCUT2D eigenvalue weighted by atomic mass is 19.1. The van der Waals surface area contributed by atoms with Crippen molar-refractivity contribution in [3.05, 3.63) is 66.5 Å². The average Bonchev–Trinajstić information content (AvgIpc) is 2.96. The third kappa shape index (κ3) is 2.97. The molecule has 25 heavy (non-hydrogen) atoms. The quantitative estimate of drug-likeness (QED) is 0.592. The number of anilines is 2. The molecule has 0 atom stereocenters. The number of nitrogens with one attached hydrogen (secondary N) is 1. The fourth-order valence-electron chi connectivity index (χ4n) is 2.58. The van der Waals surface area contributed by atoms with Gasteiger partial charge in [-0.2, -0.15) is 0 Å². The molecule has 0 radical (unpaired) electrons. The van der Waals surface area contributed by atoms with Crippen LogP contribution in [0, 0.1) is 5.82 Å². The second-order valence-corrected chi connectivity index (χ2v) is 5.42. The Morgan fingerprint density at radius 2 is 2.08 bits per heavy atom. The molecule has 0 saturated carbocycles. The minimum atomic E-state index is -0.270. The Morgan fingerprint density at radius 1 is 1.16 bits per heavy atom. The third-order valence-electron chi connectivity index (χ3n) is 3.71. The normalized spacial score (nSPS) is 10.9. The fourth-order valence-corrected chi connectivity index (χ4v) is 2.58. The first-order chi connectivity index (χ1) is 12.2. The molecular formula is C17H20FN7. The van der Waals surface area contributed by atoms with E-state index in [1.165, 1.54) is 18.5 Å². The number of benzene rings is 1. The molecule has 0 spiro atoms. The van der Waals surface area contributed by atoms with Gasteiger partial charge in [-0.15, -0.1) is 5.10 Å². The lowest BCUT2D eigenvalue weighted by Crippen LogP contribution is -2.02. The zero-order valence-corrected chi connectivity index (χ0v) is 13.1. The number of nitrogens with two attached hydrogens (primary N) is 1. The summed E-state index contributed by atoms with van der Waals surface area (Å²) in [4.78, 5) is 12.8. The van der Waals surface area contributed by atoms with Crippen LogP contribution in [-0.2, 0) is 6.54 Å². The summed E-state index contributed by atoms with van der Waals surface area (Å²) in [5.41, 5.74) is 8.72. The minimum Gasteiger partial charge on any atom is -0.382 e. The summed E-state index contributed by atoms with van der Waals surface area (Å²) < 4.78 is 14.9. The van der Waals surface area contributed by atoms with Crippen LogP contribution in [0.4, 0.5) is 16.0 Å². The van der Waals surface area contributed by atoms with Crippen molar-refractivity contribution in [3.8, 4) is 11.3 Å². The lowest BCUT2D eigenvalue weighted by atomic mass is 10.2. The molecule has 0 aliphatic rings. The van der Waals surface area contributed by atoms with E-state index in [1.54, 1.807) is 35.1 Å². The molecule has 130 valence electrons. The highest BCUT2D eigenvalue weighted by Gasteiger charge is 2.15. The minimum absolute atomic E-state index is 0. The van der Waals surface area contributed by atoms with Crippen LogP contribution < -0.4 is 11.1 Å². The van der Waals surface area contributed by atoms with Crippen molar-refractivity contribution in [2.45, 2.75) is 6.54 Å². The van der Waals surface area contributed by atoms with Gasteiger partial charge in [0.25, 0.3) is 0 Å². The number of halogens is 1. The lowest BCUT2D eigenvalue weighted by Gasteiger charge is -2.07. The maximum absolute atomic E-state index is 13.3. The Hall–Kier alpha value is -3.55. The van der Waals surface area contributed by atoms with Crippen LogP contribution in [0.5, 0.6) is 0 Å². The monoisotopic (exact) mass is 341 g/mol. The highest BCUT2D eigenvalue weighted by molar-refractivity contribution is 5.84. The van der Waals surface area contributed by atoms with E-state index in [4.69, 9.17) is 5.73 Å². The Labute approximate surface area is 146 Å². The lowest BCUT2D eigenvalue weighted by molar-refractivity contribution is 0.626. The molecule has 7 nitrogen and oxygen atoms in total. The van der Waals surface area contributed by atoms with Crippen LogP contribution in [0.25, 0.3) is 16.9 Å². The number of nitrogens with zero attached hydrogens (tertiary/aromatic N) is 5. The first-order valence-corrected chi connectivity index (χ1v) is 7.60. The maximum Gasteiger partial charge on any atom is 0.166 e. The van der Waals surface area contributed by atoms with Crippen molar-refractivity contribution in [1.29, 1.82) is 0 Å². The van der Waals surface area contributed by atoms with E-state index in [2.05, 4.69) is 25.4 Å². The third-order valence-corrected chi connectivity index (χ3v) is 3.71. The predicted molar refractivity (Wildman–Crippen MR) is 98.5 cm³/mol. The van der Waals surface area contributed by atoms with Crippen molar-refractivity contribution in [3.63, 3.8) is 0 Å². The van der Waals surface area contributed by atoms with E-state index < -0.39 is 0 Å². The number of nitrogen functional groups attached to an aromatic ring is 1. The topological polar surface area (TPSA) is 94.0 Å². The molecule has 0 fully saturated rings. The van der Waals surface area contributed by atoms with E-state index in [0.29, 0.717) is 35.1 Å². The van der Waals surface area contributed by atoms with Crippen molar-refractivity contribution in [2.75, 3.05) is 11.1 Å². The second-order valence-electron chi connectivity index (χ2n) is 5.42. The van der Waals surface area contributed by atoms with Gasteiger partial charge in [-0.1, -0.05) is 12.1 Å².